The molecule has 96 valence electrons. The Morgan fingerprint density at radius 2 is 2.00 bits per heavy atom. The van der Waals surface area contributed by atoms with E-state index in [0.717, 1.165) is 42.3 Å². The van der Waals surface area contributed by atoms with E-state index in [2.05, 4.69) is 11.1 Å². The fraction of sp³-hybridized carbons (Fsp3) is 0.500. The summed E-state index contributed by atoms with van der Waals surface area (Å²) in [6.07, 6.45) is 5.89. The Balaban J connectivity index is 1.80. The average Bonchev–Trinajstić information content (AvgIpc) is 2.86. The molecule has 0 amide bonds. The summed E-state index contributed by atoms with van der Waals surface area (Å²) >= 11 is 0. The summed E-state index contributed by atoms with van der Waals surface area (Å²) < 4.78 is 5.33. The molecule has 1 aliphatic carbocycles. The first-order chi connectivity index (χ1) is 8.74. The van der Waals surface area contributed by atoms with Gasteiger partial charge in [0.1, 0.15) is 5.52 Å². The Bertz CT molecular complexity index is 529. The summed E-state index contributed by atoms with van der Waals surface area (Å²) in [6.45, 7) is 0. The number of rotatable bonds is 2. The van der Waals surface area contributed by atoms with Crippen LogP contribution in [-0.4, -0.2) is 11.0 Å². The molecule has 0 saturated heterocycles. The van der Waals surface area contributed by atoms with E-state index < -0.39 is 0 Å². The van der Waals surface area contributed by atoms with Crippen molar-refractivity contribution in [1.82, 2.24) is 4.98 Å². The maximum Gasteiger partial charge on any atom is 0.181 e. The minimum absolute atomic E-state index is 0.0759. The van der Waals surface area contributed by atoms with Gasteiger partial charge in [0.2, 0.25) is 0 Å². The predicted molar refractivity (Wildman–Crippen MR) is 70.9 cm³/mol. The molecule has 18 heavy (non-hydrogen) atoms. The lowest BCUT2D eigenvalue weighted by Gasteiger charge is -2.30. The van der Waals surface area contributed by atoms with Crippen LogP contribution in [0.1, 0.15) is 37.3 Å². The lowest BCUT2D eigenvalue weighted by atomic mass is 9.80. The molecule has 1 saturated carbocycles. The van der Waals surface area contributed by atoms with E-state index >= 15 is 0 Å². The highest BCUT2D eigenvalue weighted by Gasteiger charge is 2.25. The lowest BCUT2D eigenvalue weighted by Crippen LogP contribution is -2.31. The molecule has 1 aromatic carbocycles. The van der Waals surface area contributed by atoms with E-state index in [1.165, 1.54) is 6.39 Å². The summed E-state index contributed by atoms with van der Waals surface area (Å²) in [5.41, 5.74) is 15.1. The molecule has 2 aromatic rings. The number of hydrogen-bond donors (Lipinski definition) is 2. The minimum atomic E-state index is 0.0759. The fourth-order valence-electron chi connectivity index (χ4n) is 2.86. The normalized spacial score (nSPS) is 26.3. The van der Waals surface area contributed by atoms with Crippen molar-refractivity contribution < 1.29 is 4.42 Å². The Morgan fingerprint density at radius 3 is 2.78 bits per heavy atom. The third-order valence-electron chi connectivity index (χ3n) is 4.06. The molecule has 0 bridgehead atoms. The van der Waals surface area contributed by atoms with Crippen LogP contribution in [-0.2, 0) is 0 Å². The molecule has 1 unspecified atom stereocenters. The summed E-state index contributed by atoms with van der Waals surface area (Å²) in [5, 5.41) is 0. The van der Waals surface area contributed by atoms with Gasteiger partial charge in [0, 0.05) is 12.1 Å². The van der Waals surface area contributed by atoms with Crippen LogP contribution in [0.2, 0.25) is 0 Å². The second-order valence-corrected chi connectivity index (χ2v) is 5.28. The average molecular weight is 245 g/mol. The van der Waals surface area contributed by atoms with Crippen molar-refractivity contribution >= 4 is 11.1 Å². The van der Waals surface area contributed by atoms with Gasteiger partial charge >= 0.3 is 0 Å². The van der Waals surface area contributed by atoms with Gasteiger partial charge in [-0.3, -0.25) is 0 Å². The molecule has 4 nitrogen and oxygen atoms in total. The summed E-state index contributed by atoms with van der Waals surface area (Å²) in [5.74, 6) is 0.533. The quantitative estimate of drug-likeness (QED) is 0.851. The molecule has 1 aliphatic rings. The molecule has 1 fully saturated rings. The second-order valence-electron chi connectivity index (χ2n) is 5.28. The van der Waals surface area contributed by atoms with Gasteiger partial charge in [-0.15, -0.1) is 0 Å². The van der Waals surface area contributed by atoms with Crippen LogP contribution in [0.15, 0.2) is 29.0 Å². The van der Waals surface area contributed by atoms with Crippen LogP contribution in [0, 0.1) is 5.92 Å². The van der Waals surface area contributed by atoms with E-state index in [1.54, 1.807) is 0 Å². The third kappa shape index (κ3) is 2.13. The van der Waals surface area contributed by atoms with Gasteiger partial charge in [0.05, 0.1) is 0 Å². The van der Waals surface area contributed by atoms with Gasteiger partial charge in [-0.1, -0.05) is 6.07 Å². The molecule has 1 aromatic heterocycles. The van der Waals surface area contributed by atoms with Gasteiger partial charge in [0.15, 0.2) is 12.0 Å². The summed E-state index contributed by atoms with van der Waals surface area (Å²) in [6, 6.07) is 6.49. The lowest BCUT2D eigenvalue weighted by molar-refractivity contribution is 0.285. The number of nitrogens with two attached hydrogens (primary N) is 2. The van der Waals surface area contributed by atoms with Crippen molar-refractivity contribution in [3.8, 4) is 0 Å². The first-order valence-electron chi connectivity index (χ1n) is 6.58. The maximum absolute atomic E-state index is 6.37. The molecule has 0 radical (unpaired) electrons. The van der Waals surface area contributed by atoms with E-state index in [4.69, 9.17) is 15.9 Å². The van der Waals surface area contributed by atoms with E-state index in [9.17, 15) is 0 Å². The standard InChI is InChI=1S/C14H19N3O/c15-11-4-1-9(2-5-11)14(16)10-3-6-12-13(7-10)18-8-17-12/h3,6-9,11,14H,1-2,4-5,15-16H2. The van der Waals surface area contributed by atoms with Crippen molar-refractivity contribution in [2.45, 2.75) is 37.8 Å². The predicted octanol–water partition coefficient (Wildman–Crippen LogP) is 2.35. The van der Waals surface area contributed by atoms with Crippen molar-refractivity contribution in [2.24, 2.45) is 17.4 Å². The largest absolute Gasteiger partial charge is 0.443 e. The highest BCUT2D eigenvalue weighted by atomic mass is 16.3. The number of benzene rings is 1. The molecule has 4 N–H and O–H groups in total. The zero-order chi connectivity index (χ0) is 12.5. The minimum Gasteiger partial charge on any atom is -0.443 e. The van der Waals surface area contributed by atoms with Gasteiger partial charge in [0.25, 0.3) is 0 Å². The Kier molecular flexibility index (Phi) is 3.06. The molecule has 0 spiro atoms. The van der Waals surface area contributed by atoms with Crippen LogP contribution in [0.4, 0.5) is 0 Å². The van der Waals surface area contributed by atoms with Crippen LogP contribution >= 0.6 is 0 Å². The second kappa shape index (κ2) is 4.71. The van der Waals surface area contributed by atoms with Gasteiger partial charge in [-0.05, 0) is 49.3 Å². The summed E-state index contributed by atoms with van der Waals surface area (Å²) in [7, 11) is 0. The Hall–Kier alpha value is -1.39. The monoisotopic (exact) mass is 245 g/mol. The SMILES string of the molecule is NC1CCC(C(N)c2ccc3ncoc3c2)CC1. The van der Waals surface area contributed by atoms with E-state index in [1.807, 2.05) is 12.1 Å². The van der Waals surface area contributed by atoms with Crippen LogP contribution < -0.4 is 11.5 Å². The molecule has 0 aliphatic heterocycles. The fourth-order valence-corrected chi connectivity index (χ4v) is 2.86. The maximum atomic E-state index is 6.37. The molecule has 4 heteroatoms. The topological polar surface area (TPSA) is 78.1 Å². The number of fused-ring (bicyclic) bond motifs is 1. The Morgan fingerprint density at radius 1 is 1.22 bits per heavy atom. The molecule has 1 atom stereocenters. The smallest absolute Gasteiger partial charge is 0.181 e. The first-order valence-corrected chi connectivity index (χ1v) is 6.58. The number of oxazole rings is 1. The number of nitrogens with zero attached hydrogens (tertiary/aromatic N) is 1. The molecular formula is C14H19N3O. The van der Waals surface area contributed by atoms with E-state index in [0.29, 0.717) is 12.0 Å². The zero-order valence-corrected chi connectivity index (χ0v) is 10.4. The van der Waals surface area contributed by atoms with Gasteiger partial charge < -0.3 is 15.9 Å². The van der Waals surface area contributed by atoms with Crippen molar-refractivity contribution in [1.29, 1.82) is 0 Å². The van der Waals surface area contributed by atoms with Crippen molar-refractivity contribution in [3.63, 3.8) is 0 Å². The molecule has 1 heterocycles. The highest BCUT2D eigenvalue weighted by molar-refractivity contribution is 5.72. The molecule has 3 rings (SSSR count). The van der Waals surface area contributed by atoms with Gasteiger partial charge in [-0.25, -0.2) is 4.98 Å². The van der Waals surface area contributed by atoms with Crippen molar-refractivity contribution in [3.05, 3.63) is 30.2 Å². The first kappa shape index (κ1) is 11.7. The Labute approximate surface area is 106 Å². The third-order valence-corrected chi connectivity index (χ3v) is 4.06. The van der Waals surface area contributed by atoms with Crippen LogP contribution in [0.25, 0.3) is 11.1 Å². The van der Waals surface area contributed by atoms with E-state index in [-0.39, 0.29) is 6.04 Å². The number of aromatic nitrogens is 1. The highest BCUT2D eigenvalue weighted by Crippen LogP contribution is 2.33. The van der Waals surface area contributed by atoms with Crippen molar-refractivity contribution in [2.75, 3.05) is 0 Å². The summed E-state index contributed by atoms with van der Waals surface area (Å²) in [4.78, 5) is 4.12. The van der Waals surface area contributed by atoms with Gasteiger partial charge in [-0.2, -0.15) is 0 Å². The number of hydrogen-bond acceptors (Lipinski definition) is 4. The van der Waals surface area contributed by atoms with Crippen LogP contribution in [0.5, 0.6) is 0 Å². The molecular weight excluding hydrogens is 226 g/mol. The van der Waals surface area contributed by atoms with Crippen LogP contribution in [0.3, 0.4) is 0 Å². The zero-order valence-electron chi connectivity index (χ0n) is 10.4.